The van der Waals surface area contributed by atoms with Crippen LogP contribution < -0.4 is 4.90 Å². The highest BCUT2D eigenvalue weighted by atomic mass is 16.6. The zero-order valence-corrected chi connectivity index (χ0v) is 10.4. The van der Waals surface area contributed by atoms with Crippen LogP contribution in [0, 0.1) is 0 Å². The number of rotatable bonds is 3. The lowest BCUT2D eigenvalue weighted by atomic mass is 10.1. The fourth-order valence-electron chi connectivity index (χ4n) is 1.46. The number of aromatic nitrogens is 1. The molecule has 0 atom stereocenters. The monoisotopic (exact) mass is 238 g/mol. The Kier molecular flexibility index (Phi) is 4.45. The van der Waals surface area contributed by atoms with Crippen molar-refractivity contribution in [1.29, 1.82) is 0 Å². The topological polar surface area (TPSA) is 62.7 Å². The smallest absolute Gasteiger partial charge is 0.414 e. The minimum absolute atomic E-state index is 0.00348. The number of carbonyl (C=O) groups excluding carboxylic acids is 1. The molecule has 1 rings (SSSR count). The van der Waals surface area contributed by atoms with Gasteiger partial charge in [0, 0.05) is 17.9 Å². The third-order valence-electron chi connectivity index (χ3n) is 2.09. The van der Waals surface area contributed by atoms with Crippen molar-refractivity contribution in [2.45, 2.75) is 26.3 Å². The highest BCUT2D eigenvalue weighted by molar-refractivity contribution is 5.88. The molecule has 0 unspecified atom stereocenters. The molecule has 0 aliphatic carbocycles. The van der Waals surface area contributed by atoms with E-state index in [9.17, 15) is 4.79 Å². The Hall–Kier alpha value is -1.62. The molecular weight excluding hydrogens is 220 g/mol. The second kappa shape index (κ2) is 5.63. The van der Waals surface area contributed by atoms with Crippen molar-refractivity contribution < 1.29 is 14.6 Å². The summed E-state index contributed by atoms with van der Waals surface area (Å²) in [6.07, 6.45) is 2.76. The predicted molar refractivity (Wildman–Crippen MR) is 64.9 cm³/mol. The van der Waals surface area contributed by atoms with E-state index in [2.05, 4.69) is 4.98 Å². The number of hydrogen-bond acceptors (Lipinski definition) is 4. The number of hydrogen-bond donors (Lipinski definition) is 1. The number of aliphatic hydroxyl groups excluding tert-OH is 1. The number of pyridine rings is 1. The lowest BCUT2D eigenvalue weighted by Gasteiger charge is -2.34. The van der Waals surface area contributed by atoms with Crippen molar-refractivity contribution in [3.05, 3.63) is 24.5 Å². The molecule has 17 heavy (non-hydrogen) atoms. The highest BCUT2D eigenvalue weighted by Gasteiger charge is 2.29. The van der Waals surface area contributed by atoms with Gasteiger partial charge in [0.15, 0.2) is 0 Å². The zero-order chi connectivity index (χ0) is 12.9. The molecule has 0 aliphatic rings. The first-order chi connectivity index (χ1) is 7.96. The highest BCUT2D eigenvalue weighted by Crippen LogP contribution is 2.23. The minimum Gasteiger partial charge on any atom is -0.447 e. The van der Waals surface area contributed by atoms with Gasteiger partial charge < -0.3 is 9.84 Å². The van der Waals surface area contributed by atoms with E-state index in [0.717, 1.165) is 5.69 Å². The first kappa shape index (κ1) is 13.4. The molecule has 0 bridgehead atoms. The molecule has 1 heterocycles. The molecule has 94 valence electrons. The Morgan fingerprint density at radius 3 is 2.47 bits per heavy atom. The molecule has 0 fully saturated rings. The first-order valence-corrected chi connectivity index (χ1v) is 5.44. The van der Waals surface area contributed by atoms with Gasteiger partial charge in [-0.2, -0.15) is 0 Å². The van der Waals surface area contributed by atoms with Crippen LogP contribution in [-0.4, -0.2) is 34.9 Å². The van der Waals surface area contributed by atoms with Crippen LogP contribution in [0.5, 0.6) is 0 Å². The molecule has 5 nitrogen and oxygen atoms in total. The number of carbonyl (C=O) groups is 1. The van der Waals surface area contributed by atoms with Crippen molar-refractivity contribution in [2.24, 2.45) is 0 Å². The molecule has 0 radical (unpaired) electrons. The van der Waals surface area contributed by atoms with Crippen LogP contribution in [0.15, 0.2) is 24.5 Å². The first-order valence-electron chi connectivity index (χ1n) is 5.44. The fraction of sp³-hybridized carbons (Fsp3) is 0.500. The quantitative estimate of drug-likeness (QED) is 0.872. The van der Waals surface area contributed by atoms with Gasteiger partial charge in [0.25, 0.3) is 0 Å². The number of ether oxygens (including phenoxy) is 1. The standard InChI is InChI=1S/C12H18N2O3/c1-12(2,3)14(11(16)17-9-8-15)10-4-6-13-7-5-10/h4-7,15H,8-9H2,1-3H3. The summed E-state index contributed by atoms with van der Waals surface area (Å²) in [6.45, 7) is 5.55. The Morgan fingerprint density at radius 2 is 2.00 bits per heavy atom. The van der Waals surface area contributed by atoms with Gasteiger partial charge in [0.1, 0.15) is 6.61 Å². The van der Waals surface area contributed by atoms with Gasteiger partial charge in [-0.3, -0.25) is 9.88 Å². The van der Waals surface area contributed by atoms with Crippen molar-refractivity contribution in [1.82, 2.24) is 4.98 Å². The average Bonchev–Trinajstić information content (AvgIpc) is 2.26. The van der Waals surface area contributed by atoms with Gasteiger partial charge in [-0.05, 0) is 32.9 Å². The van der Waals surface area contributed by atoms with Gasteiger partial charge in [-0.25, -0.2) is 4.79 Å². The van der Waals surface area contributed by atoms with Crippen LogP contribution >= 0.6 is 0 Å². The molecule has 0 aromatic carbocycles. The number of anilines is 1. The molecule has 1 aromatic heterocycles. The third-order valence-corrected chi connectivity index (χ3v) is 2.09. The fourth-order valence-corrected chi connectivity index (χ4v) is 1.46. The maximum atomic E-state index is 11.9. The molecule has 0 saturated carbocycles. The molecule has 0 saturated heterocycles. The van der Waals surface area contributed by atoms with Crippen LogP contribution in [0.25, 0.3) is 0 Å². The van der Waals surface area contributed by atoms with Crippen molar-refractivity contribution in [3.63, 3.8) is 0 Å². The Labute approximate surface area is 101 Å². The van der Waals surface area contributed by atoms with Gasteiger partial charge in [-0.1, -0.05) is 0 Å². The summed E-state index contributed by atoms with van der Waals surface area (Å²) in [6, 6.07) is 3.48. The minimum atomic E-state index is -0.474. The van der Waals surface area contributed by atoms with Crippen LogP contribution in [0.4, 0.5) is 10.5 Å². The van der Waals surface area contributed by atoms with Gasteiger partial charge in [-0.15, -0.1) is 0 Å². The van der Waals surface area contributed by atoms with Crippen LogP contribution in [-0.2, 0) is 4.74 Å². The Balaban J connectivity index is 2.94. The maximum Gasteiger partial charge on any atom is 0.414 e. The summed E-state index contributed by atoms with van der Waals surface area (Å²) in [5.41, 5.74) is 0.309. The van der Waals surface area contributed by atoms with E-state index in [1.54, 1.807) is 24.5 Å². The van der Waals surface area contributed by atoms with E-state index in [-0.39, 0.29) is 13.2 Å². The molecular formula is C12H18N2O3. The van der Waals surface area contributed by atoms with Crippen molar-refractivity contribution >= 4 is 11.8 Å². The average molecular weight is 238 g/mol. The van der Waals surface area contributed by atoms with E-state index < -0.39 is 11.6 Å². The predicted octanol–water partition coefficient (Wildman–Crippen LogP) is 1.82. The normalized spacial score (nSPS) is 11.1. The number of amides is 1. The summed E-state index contributed by atoms with van der Waals surface area (Å²) in [5.74, 6) is 0. The molecule has 0 spiro atoms. The van der Waals surface area contributed by atoms with E-state index in [0.29, 0.717) is 0 Å². The summed E-state index contributed by atoms with van der Waals surface area (Å²) in [5, 5.41) is 8.66. The van der Waals surface area contributed by atoms with E-state index >= 15 is 0 Å². The zero-order valence-electron chi connectivity index (χ0n) is 10.4. The Bertz CT molecular complexity index is 360. The molecule has 0 aliphatic heterocycles. The lowest BCUT2D eigenvalue weighted by Crippen LogP contribution is -2.46. The summed E-state index contributed by atoms with van der Waals surface area (Å²) < 4.78 is 4.95. The second-order valence-electron chi connectivity index (χ2n) is 4.55. The number of aliphatic hydroxyl groups is 1. The van der Waals surface area contributed by atoms with Gasteiger partial charge in [0.2, 0.25) is 0 Å². The number of nitrogens with zero attached hydrogens (tertiary/aromatic N) is 2. The molecule has 1 N–H and O–H groups in total. The van der Waals surface area contributed by atoms with E-state index in [1.165, 1.54) is 4.90 Å². The maximum absolute atomic E-state index is 11.9. The second-order valence-corrected chi connectivity index (χ2v) is 4.55. The van der Waals surface area contributed by atoms with Crippen LogP contribution in [0.1, 0.15) is 20.8 Å². The van der Waals surface area contributed by atoms with Gasteiger partial charge in [0.05, 0.1) is 12.3 Å². The SMILES string of the molecule is CC(C)(C)N(C(=O)OCCO)c1ccncc1. The summed E-state index contributed by atoms with van der Waals surface area (Å²) in [4.78, 5) is 17.4. The van der Waals surface area contributed by atoms with Gasteiger partial charge >= 0.3 is 6.09 Å². The molecule has 1 aromatic rings. The lowest BCUT2D eigenvalue weighted by molar-refractivity contribution is 0.121. The van der Waals surface area contributed by atoms with E-state index in [1.807, 2.05) is 20.8 Å². The molecule has 5 heteroatoms. The van der Waals surface area contributed by atoms with E-state index in [4.69, 9.17) is 9.84 Å². The Morgan fingerprint density at radius 1 is 1.41 bits per heavy atom. The summed E-state index contributed by atoms with van der Waals surface area (Å²) >= 11 is 0. The third kappa shape index (κ3) is 3.71. The summed E-state index contributed by atoms with van der Waals surface area (Å²) in [7, 11) is 0. The van der Waals surface area contributed by atoms with Crippen molar-refractivity contribution in [3.8, 4) is 0 Å². The van der Waals surface area contributed by atoms with Crippen LogP contribution in [0.2, 0.25) is 0 Å². The largest absolute Gasteiger partial charge is 0.447 e. The van der Waals surface area contributed by atoms with Crippen molar-refractivity contribution in [2.75, 3.05) is 18.1 Å². The molecule has 1 amide bonds. The van der Waals surface area contributed by atoms with Crippen LogP contribution in [0.3, 0.4) is 0 Å².